The van der Waals surface area contributed by atoms with Gasteiger partial charge in [-0.05, 0) is 49.8 Å². The minimum Gasteiger partial charge on any atom is -0.497 e. The standard InChI is InChI=1S/C18H26O.2C2H6/c1-15(2)7-5-8-16(3)9-6-10-17-11-13-18(19-4)14-12-17;2*1-2/h5,8-9,11-15H,6-7,10H2,1-4H3;2*1-2H3/b8-5+,16-9+;;. The van der Waals surface area contributed by atoms with Gasteiger partial charge in [-0.1, -0.05) is 77.5 Å². The molecule has 0 aliphatic heterocycles. The molecule has 0 atom stereocenters. The SMILES string of the molecule is CC.CC.COc1ccc(CC/C=C(C)/C=C/CC(C)C)cc1. The van der Waals surface area contributed by atoms with Gasteiger partial charge in [0.05, 0.1) is 7.11 Å². The molecule has 0 N–H and O–H groups in total. The lowest BCUT2D eigenvalue weighted by Crippen LogP contribution is -1.86. The molecule has 0 aliphatic rings. The Hall–Kier alpha value is -1.50. The van der Waals surface area contributed by atoms with E-state index < -0.39 is 0 Å². The highest BCUT2D eigenvalue weighted by molar-refractivity contribution is 5.27. The van der Waals surface area contributed by atoms with E-state index in [0.29, 0.717) is 0 Å². The first-order valence-electron chi connectivity index (χ1n) is 9.08. The summed E-state index contributed by atoms with van der Waals surface area (Å²) in [6.45, 7) is 14.7. The second-order valence-corrected chi connectivity index (χ2v) is 5.37. The molecule has 1 aromatic carbocycles. The van der Waals surface area contributed by atoms with E-state index in [-0.39, 0.29) is 0 Å². The number of methoxy groups -OCH3 is 1. The molecule has 1 rings (SSSR count). The third-order valence-electron chi connectivity index (χ3n) is 3.05. The summed E-state index contributed by atoms with van der Waals surface area (Å²) in [5, 5.41) is 0. The maximum absolute atomic E-state index is 5.15. The Morgan fingerprint density at radius 2 is 1.61 bits per heavy atom. The van der Waals surface area contributed by atoms with Gasteiger partial charge in [-0.15, -0.1) is 0 Å². The quantitative estimate of drug-likeness (QED) is 0.482. The Balaban J connectivity index is 0. The Bertz CT molecular complexity index is 410. The summed E-state index contributed by atoms with van der Waals surface area (Å²) in [5.74, 6) is 1.66. The average molecular weight is 319 g/mol. The highest BCUT2D eigenvalue weighted by atomic mass is 16.5. The number of ether oxygens (including phenoxy) is 1. The second kappa shape index (κ2) is 16.9. The molecule has 0 saturated heterocycles. The van der Waals surface area contributed by atoms with Gasteiger partial charge in [0.25, 0.3) is 0 Å². The molecule has 0 spiro atoms. The first kappa shape index (κ1) is 23.8. The van der Waals surface area contributed by atoms with E-state index in [1.165, 1.54) is 11.1 Å². The highest BCUT2D eigenvalue weighted by Gasteiger charge is 1.94. The van der Waals surface area contributed by atoms with Gasteiger partial charge >= 0.3 is 0 Å². The van der Waals surface area contributed by atoms with Crippen LogP contribution < -0.4 is 4.74 Å². The Morgan fingerprint density at radius 3 is 2.09 bits per heavy atom. The fraction of sp³-hybridized carbons (Fsp3) is 0.545. The lowest BCUT2D eigenvalue weighted by Gasteiger charge is -2.02. The van der Waals surface area contributed by atoms with Crippen molar-refractivity contribution >= 4 is 0 Å². The molecule has 132 valence electrons. The Kier molecular flexibility index (Phi) is 17.4. The van der Waals surface area contributed by atoms with E-state index >= 15 is 0 Å². The molecule has 0 saturated carbocycles. The maximum Gasteiger partial charge on any atom is 0.118 e. The van der Waals surface area contributed by atoms with Crippen molar-refractivity contribution in [3.63, 3.8) is 0 Å². The first-order chi connectivity index (χ1) is 11.1. The van der Waals surface area contributed by atoms with Crippen LogP contribution in [0.25, 0.3) is 0 Å². The molecular formula is C22H38O. The van der Waals surface area contributed by atoms with E-state index in [2.05, 4.69) is 51.1 Å². The molecular weight excluding hydrogens is 280 g/mol. The van der Waals surface area contributed by atoms with Gasteiger partial charge in [0.2, 0.25) is 0 Å². The summed E-state index contributed by atoms with van der Waals surface area (Å²) in [6.07, 6.45) is 10.1. The molecule has 1 nitrogen and oxygen atoms in total. The zero-order valence-electron chi connectivity index (χ0n) is 16.6. The van der Waals surface area contributed by atoms with Gasteiger partial charge in [-0.3, -0.25) is 0 Å². The van der Waals surface area contributed by atoms with Crippen molar-refractivity contribution in [1.29, 1.82) is 0 Å². The molecule has 0 bridgehead atoms. The van der Waals surface area contributed by atoms with Crippen LogP contribution in [0.5, 0.6) is 5.75 Å². The summed E-state index contributed by atoms with van der Waals surface area (Å²) >= 11 is 0. The average Bonchev–Trinajstić information content (AvgIpc) is 2.59. The van der Waals surface area contributed by atoms with Crippen LogP contribution >= 0.6 is 0 Å². The van der Waals surface area contributed by atoms with Crippen LogP contribution in [0.2, 0.25) is 0 Å². The fourth-order valence-corrected chi connectivity index (χ4v) is 1.85. The number of aryl methyl sites for hydroxylation is 1. The molecule has 1 aromatic rings. The van der Waals surface area contributed by atoms with Gasteiger partial charge in [0.1, 0.15) is 5.75 Å². The van der Waals surface area contributed by atoms with Gasteiger partial charge < -0.3 is 4.74 Å². The molecule has 0 amide bonds. The molecule has 23 heavy (non-hydrogen) atoms. The number of allylic oxidation sites excluding steroid dienone is 4. The van der Waals surface area contributed by atoms with E-state index in [0.717, 1.165) is 30.9 Å². The smallest absolute Gasteiger partial charge is 0.118 e. The highest BCUT2D eigenvalue weighted by Crippen LogP contribution is 2.13. The summed E-state index contributed by atoms with van der Waals surface area (Å²) < 4.78 is 5.15. The summed E-state index contributed by atoms with van der Waals surface area (Å²) in [6, 6.07) is 8.32. The minimum atomic E-state index is 0.739. The van der Waals surface area contributed by atoms with Crippen molar-refractivity contribution < 1.29 is 4.74 Å². The summed E-state index contributed by atoms with van der Waals surface area (Å²) in [5.41, 5.74) is 2.71. The number of rotatable bonds is 7. The van der Waals surface area contributed by atoms with E-state index in [1.54, 1.807) is 7.11 Å². The zero-order valence-corrected chi connectivity index (χ0v) is 16.6. The third kappa shape index (κ3) is 13.9. The lowest BCUT2D eigenvalue weighted by molar-refractivity contribution is 0.414. The van der Waals surface area contributed by atoms with Crippen molar-refractivity contribution in [3.8, 4) is 5.75 Å². The van der Waals surface area contributed by atoms with Gasteiger partial charge in [0.15, 0.2) is 0 Å². The Labute approximate surface area is 145 Å². The van der Waals surface area contributed by atoms with Crippen LogP contribution in [0.4, 0.5) is 0 Å². The van der Waals surface area contributed by atoms with Crippen LogP contribution in [0.3, 0.4) is 0 Å². The molecule has 1 heteroatoms. The number of benzene rings is 1. The van der Waals surface area contributed by atoms with Gasteiger partial charge in [0, 0.05) is 0 Å². The van der Waals surface area contributed by atoms with E-state index in [4.69, 9.17) is 4.74 Å². The predicted octanol–water partition coefficient (Wildman–Crippen LogP) is 7.23. The minimum absolute atomic E-state index is 0.739. The van der Waals surface area contributed by atoms with Crippen LogP contribution in [0, 0.1) is 5.92 Å². The van der Waals surface area contributed by atoms with E-state index in [9.17, 15) is 0 Å². The summed E-state index contributed by atoms with van der Waals surface area (Å²) in [4.78, 5) is 0. The molecule has 0 fully saturated rings. The van der Waals surface area contributed by atoms with E-state index in [1.807, 2.05) is 39.8 Å². The fourth-order valence-electron chi connectivity index (χ4n) is 1.85. The third-order valence-corrected chi connectivity index (χ3v) is 3.05. The number of hydrogen-bond acceptors (Lipinski definition) is 1. The first-order valence-corrected chi connectivity index (χ1v) is 9.08. The van der Waals surface area contributed by atoms with Crippen molar-refractivity contribution in [2.45, 2.75) is 67.7 Å². The monoisotopic (exact) mass is 318 g/mol. The van der Waals surface area contributed by atoms with Crippen LogP contribution in [-0.4, -0.2) is 7.11 Å². The van der Waals surface area contributed by atoms with Gasteiger partial charge in [-0.25, -0.2) is 0 Å². The second-order valence-electron chi connectivity index (χ2n) is 5.37. The normalized spacial score (nSPS) is 10.7. The molecule has 0 radical (unpaired) electrons. The van der Waals surface area contributed by atoms with Gasteiger partial charge in [-0.2, -0.15) is 0 Å². The molecule has 0 unspecified atom stereocenters. The molecule has 0 aliphatic carbocycles. The summed E-state index contributed by atoms with van der Waals surface area (Å²) in [7, 11) is 1.70. The van der Waals surface area contributed by atoms with Crippen LogP contribution in [0.1, 0.15) is 66.9 Å². The lowest BCUT2D eigenvalue weighted by atomic mass is 10.1. The number of hydrogen-bond donors (Lipinski definition) is 0. The van der Waals surface area contributed by atoms with Crippen molar-refractivity contribution in [2.24, 2.45) is 5.92 Å². The maximum atomic E-state index is 5.15. The zero-order chi connectivity index (χ0) is 18.1. The predicted molar refractivity (Wildman–Crippen MR) is 106 cm³/mol. The molecule has 0 aromatic heterocycles. The van der Waals surface area contributed by atoms with Crippen molar-refractivity contribution in [2.75, 3.05) is 7.11 Å². The van der Waals surface area contributed by atoms with Crippen LogP contribution in [-0.2, 0) is 6.42 Å². The Morgan fingerprint density at radius 1 is 1.04 bits per heavy atom. The van der Waals surface area contributed by atoms with Crippen molar-refractivity contribution in [3.05, 3.63) is 53.6 Å². The van der Waals surface area contributed by atoms with Crippen molar-refractivity contribution in [1.82, 2.24) is 0 Å². The largest absolute Gasteiger partial charge is 0.497 e. The van der Waals surface area contributed by atoms with Crippen LogP contribution in [0.15, 0.2) is 48.1 Å². The molecule has 0 heterocycles. The topological polar surface area (TPSA) is 9.23 Å².